The first kappa shape index (κ1) is 18.1. The van der Waals surface area contributed by atoms with Crippen LogP contribution in [0.15, 0.2) is 47.0 Å². The van der Waals surface area contributed by atoms with Gasteiger partial charge in [-0.25, -0.2) is 8.78 Å². The van der Waals surface area contributed by atoms with Crippen molar-refractivity contribution < 1.29 is 18.1 Å². The lowest BCUT2D eigenvalue weighted by Crippen LogP contribution is -2.27. The Balaban J connectivity index is 1.77. The lowest BCUT2D eigenvalue weighted by atomic mass is 10.1. The van der Waals surface area contributed by atoms with Crippen LogP contribution in [0.3, 0.4) is 0 Å². The van der Waals surface area contributed by atoms with Gasteiger partial charge in [-0.2, -0.15) is 0 Å². The summed E-state index contributed by atoms with van der Waals surface area (Å²) in [6.07, 6.45) is 0.0238. The van der Waals surface area contributed by atoms with Gasteiger partial charge in [0.25, 0.3) is 5.91 Å². The van der Waals surface area contributed by atoms with Gasteiger partial charge < -0.3 is 9.84 Å². The zero-order valence-corrected chi connectivity index (χ0v) is 14.6. The molecular weight excluding hydrogens is 362 g/mol. The Hall–Kier alpha value is -2.73. The van der Waals surface area contributed by atoms with Gasteiger partial charge in [-0.05, 0) is 31.5 Å². The molecule has 0 atom stereocenters. The highest BCUT2D eigenvalue weighted by molar-refractivity contribution is 6.33. The standard InChI is InChI=1S/C19H15ClF2N2O2/c1-11-17(18(24-26-11)12-5-2-3-6-14(12)20)19(25)23-10-9-13-15(21)7-4-8-16(13)22/h2-8H,9-10H2,1H3,(H,23,25). The molecule has 1 N–H and O–H groups in total. The summed E-state index contributed by atoms with van der Waals surface area (Å²) in [5.74, 6) is -1.40. The summed E-state index contributed by atoms with van der Waals surface area (Å²) in [7, 11) is 0. The van der Waals surface area contributed by atoms with Gasteiger partial charge in [-0.3, -0.25) is 4.79 Å². The van der Waals surface area contributed by atoms with Gasteiger partial charge in [0.2, 0.25) is 0 Å². The Morgan fingerprint density at radius 2 is 1.85 bits per heavy atom. The second-order valence-corrected chi connectivity index (χ2v) is 6.06. The number of aryl methyl sites for hydroxylation is 1. The largest absolute Gasteiger partial charge is 0.360 e. The molecule has 2 aromatic carbocycles. The monoisotopic (exact) mass is 376 g/mol. The van der Waals surface area contributed by atoms with E-state index in [1.807, 2.05) is 0 Å². The minimum absolute atomic E-state index is 0.0238. The van der Waals surface area contributed by atoms with Crippen LogP contribution in [0.2, 0.25) is 5.02 Å². The molecule has 3 aromatic rings. The van der Waals surface area contributed by atoms with Crippen LogP contribution in [-0.4, -0.2) is 17.6 Å². The number of hydrogen-bond donors (Lipinski definition) is 1. The topological polar surface area (TPSA) is 55.1 Å². The zero-order chi connectivity index (χ0) is 18.7. The molecule has 0 aliphatic rings. The Bertz CT molecular complexity index is 936. The summed E-state index contributed by atoms with van der Waals surface area (Å²) in [4.78, 5) is 12.6. The molecule has 0 saturated carbocycles. The van der Waals surface area contributed by atoms with E-state index in [2.05, 4.69) is 10.5 Å². The van der Waals surface area contributed by atoms with E-state index in [4.69, 9.17) is 16.1 Å². The molecule has 0 aliphatic heterocycles. The average Bonchev–Trinajstić information content (AvgIpc) is 2.99. The number of nitrogens with zero attached hydrogens (tertiary/aromatic N) is 1. The summed E-state index contributed by atoms with van der Waals surface area (Å²) in [6, 6.07) is 10.6. The van der Waals surface area contributed by atoms with Crippen molar-refractivity contribution in [2.45, 2.75) is 13.3 Å². The molecule has 1 heterocycles. The second kappa shape index (κ2) is 7.66. The molecule has 134 valence electrons. The fourth-order valence-electron chi connectivity index (χ4n) is 2.64. The third-order valence-electron chi connectivity index (χ3n) is 3.94. The molecule has 0 aliphatic carbocycles. The van der Waals surface area contributed by atoms with Crippen molar-refractivity contribution in [3.8, 4) is 11.3 Å². The summed E-state index contributed by atoms with van der Waals surface area (Å²) < 4.78 is 32.4. The van der Waals surface area contributed by atoms with E-state index in [1.165, 1.54) is 18.2 Å². The number of amides is 1. The van der Waals surface area contributed by atoms with E-state index in [0.29, 0.717) is 22.0 Å². The maximum atomic E-state index is 13.6. The fourth-order valence-corrected chi connectivity index (χ4v) is 2.86. The SMILES string of the molecule is Cc1onc(-c2ccccc2Cl)c1C(=O)NCCc1c(F)cccc1F. The van der Waals surface area contributed by atoms with E-state index in [1.54, 1.807) is 31.2 Å². The van der Waals surface area contributed by atoms with Crippen LogP contribution in [0, 0.1) is 18.6 Å². The molecule has 7 heteroatoms. The number of benzene rings is 2. The predicted molar refractivity (Wildman–Crippen MR) is 94.1 cm³/mol. The third-order valence-corrected chi connectivity index (χ3v) is 4.27. The highest BCUT2D eigenvalue weighted by Gasteiger charge is 2.22. The van der Waals surface area contributed by atoms with Gasteiger partial charge in [0.05, 0.1) is 5.02 Å². The molecule has 4 nitrogen and oxygen atoms in total. The molecule has 1 aromatic heterocycles. The molecule has 0 unspecified atom stereocenters. The summed E-state index contributed by atoms with van der Waals surface area (Å²) >= 11 is 6.17. The zero-order valence-electron chi connectivity index (χ0n) is 13.9. The number of carbonyl (C=O) groups excluding carboxylic acids is 1. The second-order valence-electron chi connectivity index (χ2n) is 5.65. The first-order chi connectivity index (χ1) is 12.5. The average molecular weight is 377 g/mol. The predicted octanol–water partition coefficient (Wildman–Crippen LogP) is 4.55. The number of hydrogen-bond acceptors (Lipinski definition) is 3. The van der Waals surface area contributed by atoms with Crippen molar-refractivity contribution in [1.29, 1.82) is 0 Å². The first-order valence-electron chi connectivity index (χ1n) is 7.91. The molecule has 0 radical (unpaired) electrons. The van der Waals surface area contributed by atoms with Crippen LogP contribution in [0.25, 0.3) is 11.3 Å². The lowest BCUT2D eigenvalue weighted by molar-refractivity contribution is 0.0953. The smallest absolute Gasteiger partial charge is 0.257 e. The molecule has 0 bridgehead atoms. The number of rotatable bonds is 5. The minimum atomic E-state index is -0.642. The van der Waals surface area contributed by atoms with Crippen molar-refractivity contribution in [2.24, 2.45) is 0 Å². The quantitative estimate of drug-likeness (QED) is 0.710. The Kier molecular flexibility index (Phi) is 5.32. The van der Waals surface area contributed by atoms with E-state index >= 15 is 0 Å². The number of aromatic nitrogens is 1. The number of halogens is 3. The molecule has 26 heavy (non-hydrogen) atoms. The minimum Gasteiger partial charge on any atom is -0.360 e. The summed E-state index contributed by atoms with van der Waals surface area (Å²) in [6.45, 7) is 1.67. The Morgan fingerprint density at radius 1 is 1.15 bits per heavy atom. The molecular formula is C19H15ClF2N2O2. The molecule has 0 spiro atoms. The summed E-state index contributed by atoms with van der Waals surface area (Å²) in [5, 5.41) is 7.00. The Labute approximate surface area is 153 Å². The van der Waals surface area contributed by atoms with Crippen LogP contribution in [0.1, 0.15) is 21.7 Å². The van der Waals surface area contributed by atoms with Crippen LogP contribution >= 0.6 is 11.6 Å². The van der Waals surface area contributed by atoms with E-state index in [0.717, 1.165) is 0 Å². The maximum Gasteiger partial charge on any atom is 0.257 e. The highest BCUT2D eigenvalue weighted by atomic mass is 35.5. The van der Waals surface area contributed by atoms with E-state index in [9.17, 15) is 13.6 Å². The van der Waals surface area contributed by atoms with Crippen LogP contribution in [-0.2, 0) is 6.42 Å². The van der Waals surface area contributed by atoms with Gasteiger partial charge in [0, 0.05) is 17.7 Å². The number of nitrogens with one attached hydrogen (secondary N) is 1. The summed E-state index contributed by atoms with van der Waals surface area (Å²) in [5.41, 5.74) is 1.06. The van der Waals surface area contributed by atoms with Gasteiger partial charge in [-0.1, -0.05) is 41.0 Å². The highest BCUT2D eigenvalue weighted by Crippen LogP contribution is 2.30. The first-order valence-corrected chi connectivity index (χ1v) is 8.29. The van der Waals surface area contributed by atoms with Crippen molar-refractivity contribution in [3.63, 3.8) is 0 Å². The van der Waals surface area contributed by atoms with Gasteiger partial charge in [-0.15, -0.1) is 0 Å². The normalized spacial score (nSPS) is 10.8. The Morgan fingerprint density at radius 3 is 2.54 bits per heavy atom. The van der Waals surface area contributed by atoms with Crippen molar-refractivity contribution in [2.75, 3.05) is 6.54 Å². The maximum absolute atomic E-state index is 13.6. The van der Waals surface area contributed by atoms with E-state index < -0.39 is 17.5 Å². The lowest BCUT2D eigenvalue weighted by Gasteiger charge is -2.08. The molecule has 1 amide bonds. The van der Waals surface area contributed by atoms with Crippen molar-refractivity contribution in [1.82, 2.24) is 10.5 Å². The molecule has 3 rings (SSSR count). The van der Waals surface area contributed by atoms with Crippen LogP contribution < -0.4 is 5.32 Å². The van der Waals surface area contributed by atoms with Crippen molar-refractivity contribution >= 4 is 17.5 Å². The van der Waals surface area contributed by atoms with Gasteiger partial charge in [0.1, 0.15) is 28.7 Å². The van der Waals surface area contributed by atoms with E-state index in [-0.39, 0.29) is 24.1 Å². The van der Waals surface area contributed by atoms with Crippen LogP contribution in [0.5, 0.6) is 0 Å². The third kappa shape index (κ3) is 3.60. The fraction of sp³-hybridized carbons (Fsp3) is 0.158. The van der Waals surface area contributed by atoms with Crippen LogP contribution in [0.4, 0.5) is 8.78 Å². The molecule has 0 fully saturated rings. The van der Waals surface area contributed by atoms with Gasteiger partial charge >= 0.3 is 0 Å². The molecule has 0 saturated heterocycles. The van der Waals surface area contributed by atoms with Gasteiger partial charge in [0.15, 0.2) is 0 Å². The number of carbonyl (C=O) groups is 1. The van der Waals surface area contributed by atoms with Crippen molar-refractivity contribution in [3.05, 3.63) is 76.0 Å².